The average molecular weight is 389 g/mol. The maximum Gasteiger partial charge on any atom is 0.308 e. The molecule has 6 nitrogen and oxygen atoms in total. The first-order chi connectivity index (χ1) is 12.7. The van der Waals surface area contributed by atoms with Gasteiger partial charge in [0.05, 0.1) is 10.8 Å². The number of hydrogen-bond acceptors (Lipinski definition) is 4. The molecule has 27 heavy (non-hydrogen) atoms. The highest BCUT2D eigenvalue weighted by Gasteiger charge is 2.20. The smallest absolute Gasteiger partial charge is 0.308 e. The highest BCUT2D eigenvalue weighted by atomic mass is 32.2. The summed E-state index contributed by atoms with van der Waals surface area (Å²) >= 11 is 0. The minimum atomic E-state index is -3.46. The zero-order valence-electron chi connectivity index (χ0n) is 15.3. The van der Waals surface area contributed by atoms with Crippen LogP contribution < -0.4 is 5.32 Å². The zero-order chi connectivity index (χ0) is 20.0. The van der Waals surface area contributed by atoms with Gasteiger partial charge in [-0.2, -0.15) is 0 Å². The van der Waals surface area contributed by atoms with Gasteiger partial charge in [0.2, 0.25) is 0 Å². The Hall–Kier alpha value is -2.67. The Bertz CT molecular complexity index is 923. The van der Waals surface area contributed by atoms with Gasteiger partial charge in [-0.1, -0.05) is 43.3 Å². The fourth-order valence-corrected chi connectivity index (χ4v) is 3.83. The number of nitrogens with one attached hydrogen (secondary N) is 1. The van der Waals surface area contributed by atoms with E-state index in [1.54, 1.807) is 12.1 Å². The highest BCUT2D eigenvalue weighted by Crippen LogP contribution is 2.19. The second-order valence-electron chi connectivity index (χ2n) is 6.38. The van der Waals surface area contributed by atoms with Crippen LogP contribution >= 0.6 is 0 Å². The van der Waals surface area contributed by atoms with Crippen molar-refractivity contribution in [1.29, 1.82) is 0 Å². The Morgan fingerprint density at radius 2 is 1.78 bits per heavy atom. The monoisotopic (exact) mass is 389 g/mol. The maximum atomic E-state index is 12.4. The standard InChI is InChI=1S/C20H23NO5S/c1-3-15-9-10-16(12-18(15)27(2,25)26)19(22)21-13-17(20(23)24)11-14-7-5-4-6-8-14/h4-10,12,17H,3,11,13H2,1-2H3,(H,21,22)(H,23,24). The Kier molecular flexibility index (Phi) is 6.74. The van der Waals surface area contributed by atoms with Crippen LogP contribution in [0.4, 0.5) is 0 Å². The summed E-state index contributed by atoms with van der Waals surface area (Å²) in [5, 5.41) is 12.0. The molecule has 0 aliphatic rings. The Labute approximate surface area is 159 Å². The molecule has 7 heteroatoms. The molecular formula is C20H23NO5S. The normalized spacial score (nSPS) is 12.4. The molecular weight excluding hydrogens is 366 g/mol. The van der Waals surface area contributed by atoms with Gasteiger partial charge in [0.25, 0.3) is 5.91 Å². The SMILES string of the molecule is CCc1ccc(C(=O)NCC(Cc2ccccc2)C(=O)O)cc1S(C)(=O)=O. The van der Waals surface area contributed by atoms with E-state index in [0.717, 1.165) is 11.8 Å². The number of carbonyl (C=O) groups excluding carboxylic acids is 1. The predicted octanol–water partition coefficient (Wildman–Crippen LogP) is 2.33. The lowest BCUT2D eigenvalue weighted by molar-refractivity contribution is -0.141. The van der Waals surface area contributed by atoms with Crippen molar-refractivity contribution in [3.63, 3.8) is 0 Å². The van der Waals surface area contributed by atoms with Crippen molar-refractivity contribution in [1.82, 2.24) is 5.32 Å². The van der Waals surface area contributed by atoms with Gasteiger partial charge in [-0.3, -0.25) is 9.59 Å². The summed E-state index contributed by atoms with van der Waals surface area (Å²) < 4.78 is 23.9. The largest absolute Gasteiger partial charge is 0.481 e. The molecule has 2 rings (SSSR count). The molecule has 0 aliphatic carbocycles. The number of carboxylic acid groups (broad SMARTS) is 1. The van der Waals surface area contributed by atoms with Crippen LogP contribution in [0.25, 0.3) is 0 Å². The third kappa shape index (κ3) is 5.65. The number of aliphatic carboxylic acids is 1. The number of rotatable bonds is 8. The van der Waals surface area contributed by atoms with Gasteiger partial charge in [-0.05, 0) is 36.1 Å². The summed E-state index contributed by atoms with van der Waals surface area (Å²) in [4.78, 5) is 24.0. The second-order valence-corrected chi connectivity index (χ2v) is 8.37. The molecule has 1 amide bonds. The third-order valence-electron chi connectivity index (χ3n) is 4.29. The molecule has 0 spiro atoms. The molecule has 0 aliphatic heterocycles. The molecule has 2 aromatic carbocycles. The lowest BCUT2D eigenvalue weighted by Crippen LogP contribution is -2.34. The average Bonchev–Trinajstić information content (AvgIpc) is 2.64. The fraction of sp³-hybridized carbons (Fsp3) is 0.300. The van der Waals surface area contributed by atoms with Gasteiger partial charge < -0.3 is 10.4 Å². The second kappa shape index (κ2) is 8.81. The van der Waals surface area contributed by atoms with Gasteiger partial charge in [-0.25, -0.2) is 8.42 Å². The van der Waals surface area contributed by atoms with E-state index in [9.17, 15) is 23.1 Å². The quantitative estimate of drug-likeness (QED) is 0.722. The van der Waals surface area contributed by atoms with Crippen LogP contribution in [0.5, 0.6) is 0 Å². The van der Waals surface area contributed by atoms with Crippen LogP contribution in [-0.4, -0.2) is 38.2 Å². The first-order valence-corrected chi connectivity index (χ1v) is 10.5. The van der Waals surface area contributed by atoms with Crippen LogP contribution in [0, 0.1) is 5.92 Å². The molecule has 2 N–H and O–H groups in total. The Morgan fingerprint density at radius 3 is 2.33 bits per heavy atom. The molecule has 0 saturated heterocycles. The molecule has 0 radical (unpaired) electrons. The van der Waals surface area contributed by atoms with E-state index in [4.69, 9.17) is 0 Å². The lowest BCUT2D eigenvalue weighted by atomic mass is 9.99. The molecule has 0 bridgehead atoms. The Morgan fingerprint density at radius 1 is 1.11 bits per heavy atom. The summed E-state index contributed by atoms with van der Waals surface area (Å²) in [5.41, 5.74) is 1.70. The molecule has 0 saturated carbocycles. The maximum absolute atomic E-state index is 12.4. The van der Waals surface area contributed by atoms with Crippen molar-refractivity contribution in [2.45, 2.75) is 24.7 Å². The van der Waals surface area contributed by atoms with Crippen LogP contribution in [-0.2, 0) is 27.5 Å². The van der Waals surface area contributed by atoms with Gasteiger partial charge in [0.15, 0.2) is 9.84 Å². The summed E-state index contributed by atoms with van der Waals surface area (Å²) in [6.45, 7) is 1.79. The summed E-state index contributed by atoms with van der Waals surface area (Å²) in [6.07, 6.45) is 1.92. The number of sulfone groups is 1. The van der Waals surface area contributed by atoms with E-state index in [0.29, 0.717) is 18.4 Å². The van der Waals surface area contributed by atoms with E-state index in [1.165, 1.54) is 6.07 Å². The number of benzene rings is 2. The molecule has 0 fully saturated rings. The number of amides is 1. The van der Waals surface area contributed by atoms with E-state index in [1.807, 2.05) is 37.3 Å². The van der Waals surface area contributed by atoms with E-state index in [-0.39, 0.29) is 17.0 Å². The van der Waals surface area contributed by atoms with Crippen molar-refractivity contribution in [2.75, 3.05) is 12.8 Å². The number of carboxylic acids is 1. The number of hydrogen-bond donors (Lipinski definition) is 2. The van der Waals surface area contributed by atoms with E-state index < -0.39 is 27.6 Å². The summed E-state index contributed by atoms with van der Waals surface area (Å²) in [7, 11) is -3.46. The van der Waals surface area contributed by atoms with E-state index in [2.05, 4.69) is 5.32 Å². The van der Waals surface area contributed by atoms with Gasteiger partial charge >= 0.3 is 5.97 Å². The minimum absolute atomic E-state index is 0.0488. The first kappa shape index (κ1) is 20.6. The van der Waals surface area contributed by atoms with Crippen molar-refractivity contribution in [3.05, 3.63) is 65.2 Å². The van der Waals surface area contributed by atoms with Crippen molar-refractivity contribution in [2.24, 2.45) is 5.92 Å². The molecule has 0 aromatic heterocycles. The Balaban J connectivity index is 2.13. The predicted molar refractivity (Wildman–Crippen MR) is 103 cm³/mol. The van der Waals surface area contributed by atoms with Crippen LogP contribution in [0.1, 0.15) is 28.4 Å². The van der Waals surface area contributed by atoms with Gasteiger partial charge in [-0.15, -0.1) is 0 Å². The molecule has 2 aromatic rings. The summed E-state index contributed by atoms with van der Waals surface area (Å²) in [5.74, 6) is -2.28. The number of carbonyl (C=O) groups is 2. The van der Waals surface area contributed by atoms with Crippen molar-refractivity contribution < 1.29 is 23.1 Å². The third-order valence-corrected chi connectivity index (χ3v) is 5.47. The zero-order valence-corrected chi connectivity index (χ0v) is 16.1. The van der Waals surface area contributed by atoms with Crippen LogP contribution in [0.2, 0.25) is 0 Å². The van der Waals surface area contributed by atoms with Gasteiger partial charge in [0.1, 0.15) is 0 Å². The first-order valence-electron chi connectivity index (χ1n) is 8.60. The summed E-state index contributed by atoms with van der Waals surface area (Å²) in [6, 6.07) is 13.7. The molecule has 1 unspecified atom stereocenters. The molecule has 0 heterocycles. The molecule has 1 atom stereocenters. The van der Waals surface area contributed by atoms with Crippen molar-refractivity contribution in [3.8, 4) is 0 Å². The minimum Gasteiger partial charge on any atom is -0.481 e. The van der Waals surface area contributed by atoms with Crippen LogP contribution in [0.3, 0.4) is 0 Å². The topological polar surface area (TPSA) is 101 Å². The van der Waals surface area contributed by atoms with Gasteiger partial charge in [0, 0.05) is 18.4 Å². The highest BCUT2D eigenvalue weighted by molar-refractivity contribution is 7.90. The van der Waals surface area contributed by atoms with Crippen molar-refractivity contribution >= 4 is 21.7 Å². The fourth-order valence-electron chi connectivity index (χ4n) is 2.80. The number of aryl methyl sites for hydroxylation is 1. The molecule has 144 valence electrons. The van der Waals surface area contributed by atoms with Crippen LogP contribution in [0.15, 0.2) is 53.4 Å². The van der Waals surface area contributed by atoms with E-state index >= 15 is 0 Å². The lowest BCUT2D eigenvalue weighted by Gasteiger charge is -2.14.